The van der Waals surface area contributed by atoms with E-state index >= 15 is 0 Å². The van der Waals surface area contributed by atoms with Crippen molar-refractivity contribution in [2.45, 2.75) is 79.2 Å². The molecule has 3 amide bonds. The fraction of sp³-hybridized carbons (Fsp3) is 0.900. The number of nitrogens with zero attached hydrogens (tertiary/aromatic N) is 4. The van der Waals surface area contributed by atoms with E-state index in [1.165, 1.54) is 17.7 Å². The molecule has 0 saturated carbocycles. The first-order chi connectivity index (χ1) is 12.4. The summed E-state index contributed by atoms with van der Waals surface area (Å²) in [5.74, 6) is -0.0296. The van der Waals surface area contributed by atoms with Gasteiger partial charge < -0.3 is 0 Å². The molecule has 0 spiro atoms. The Labute approximate surface area is 160 Å². The van der Waals surface area contributed by atoms with E-state index in [0.717, 1.165) is 45.4 Å². The van der Waals surface area contributed by atoms with Crippen molar-refractivity contribution >= 4 is 11.9 Å². The van der Waals surface area contributed by atoms with Crippen molar-refractivity contribution in [3.63, 3.8) is 0 Å². The van der Waals surface area contributed by atoms with Crippen LogP contribution in [0.1, 0.15) is 73.6 Å². The molecule has 0 bridgehead atoms. The molecule has 0 aromatic rings. The zero-order valence-electron chi connectivity index (χ0n) is 17.9. The van der Waals surface area contributed by atoms with E-state index in [9.17, 15) is 9.59 Å². The molecule has 0 radical (unpaired) electrons. The average molecular weight is 369 g/mol. The molecule has 1 atom stereocenters. The zero-order valence-corrected chi connectivity index (χ0v) is 17.9. The van der Waals surface area contributed by atoms with Crippen LogP contribution in [0.15, 0.2) is 0 Å². The second-order valence-corrected chi connectivity index (χ2v) is 7.42. The Morgan fingerprint density at radius 3 is 1.85 bits per heavy atom. The Morgan fingerprint density at radius 2 is 1.35 bits per heavy atom. The maximum absolute atomic E-state index is 13.3. The molecule has 152 valence electrons. The molecule has 26 heavy (non-hydrogen) atoms. The molecule has 6 heteroatoms. The highest BCUT2D eigenvalue weighted by molar-refractivity contribution is 6.06. The number of unbranched alkanes of at least 4 members (excludes halogenated alkanes) is 3. The summed E-state index contributed by atoms with van der Waals surface area (Å²) in [5, 5.41) is 0. The van der Waals surface area contributed by atoms with Crippen LogP contribution in [0.3, 0.4) is 0 Å². The highest BCUT2D eigenvalue weighted by atomic mass is 16.2. The average Bonchev–Trinajstić information content (AvgIpc) is 2.82. The lowest BCUT2D eigenvalue weighted by atomic mass is 9.92. The fourth-order valence-electron chi connectivity index (χ4n) is 3.58. The van der Waals surface area contributed by atoms with Gasteiger partial charge in [0, 0.05) is 0 Å². The second kappa shape index (κ2) is 10.9. The molecule has 0 aromatic carbocycles. The van der Waals surface area contributed by atoms with Crippen molar-refractivity contribution in [3.05, 3.63) is 0 Å². The smallest absolute Gasteiger partial charge is 0.297 e. The van der Waals surface area contributed by atoms with E-state index in [1.54, 1.807) is 0 Å². The molecule has 1 aliphatic heterocycles. The van der Waals surface area contributed by atoms with Crippen molar-refractivity contribution < 1.29 is 9.59 Å². The summed E-state index contributed by atoms with van der Waals surface area (Å²) >= 11 is 0. The van der Waals surface area contributed by atoms with Crippen LogP contribution in [0.25, 0.3) is 0 Å². The molecule has 1 rings (SSSR count). The molecule has 0 aliphatic carbocycles. The summed E-state index contributed by atoms with van der Waals surface area (Å²) in [6, 6.07) is -0.133. The van der Waals surface area contributed by atoms with Crippen LogP contribution >= 0.6 is 0 Å². The van der Waals surface area contributed by atoms with E-state index < -0.39 is 5.54 Å². The standard InChI is InChI=1S/C20H40N4O2/c1-7-12-13-14-15-20(6)18(25)23(16-21(8-2)9-3)19(26)24(20)17-22(10-4)11-5/h7-17H2,1-6H3. The molecule has 1 fully saturated rings. The van der Waals surface area contributed by atoms with Crippen molar-refractivity contribution in [1.82, 2.24) is 19.6 Å². The minimum atomic E-state index is -0.722. The van der Waals surface area contributed by atoms with Crippen LogP contribution in [-0.2, 0) is 4.79 Å². The van der Waals surface area contributed by atoms with Crippen molar-refractivity contribution in [1.29, 1.82) is 0 Å². The molecule has 0 aromatic heterocycles. The minimum absolute atomic E-state index is 0.0296. The largest absolute Gasteiger partial charge is 0.329 e. The van der Waals surface area contributed by atoms with E-state index in [1.807, 2.05) is 11.8 Å². The number of rotatable bonds is 13. The van der Waals surface area contributed by atoms with Gasteiger partial charge in [-0.05, 0) is 39.5 Å². The van der Waals surface area contributed by atoms with Crippen LogP contribution in [-0.4, -0.2) is 76.6 Å². The Kier molecular flexibility index (Phi) is 9.58. The molecular formula is C20H40N4O2. The maximum atomic E-state index is 13.3. The van der Waals surface area contributed by atoms with Crippen LogP contribution in [0, 0.1) is 0 Å². The van der Waals surface area contributed by atoms with Gasteiger partial charge in [-0.25, -0.2) is 9.69 Å². The number of urea groups is 1. The summed E-state index contributed by atoms with van der Waals surface area (Å²) in [4.78, 5) is 34.0. The van der Waals surface area contributed by atoms with Gasteiger partial charge in [-0.15, -0.1) is 0 Å². The third-order valence-electron chi connectivity index (χ3n) is 5.75. The number of imide groups is 1. The molecule has 6 nitrogen and oxygen atoms in total. The number of carbonyl (C=O) groups is 2. The Bertz CT molecular complexity index is 449. The van der Waals surface area contributed by atoms with Gasteiger partial charge in [-0.1, -0.05) is 60.3 Å². The Morgan fingerprint density at radius 1 is 0.808 bits per heavy atom. The van der Waals surface area contributed by atoms with Gasteiger partial charge >= 0.3 is 6.03 Å². The van der Waals surface area contributed by atoms with Crippen LogP contribution in [0.2, 0.25) is 0 Å². The molecule has 1 saturated heterocycles. The van der Waals surface area contributed by atoms with Gasteiger partial charge in [0.05, 0.1) is 13.3 Å². The van der Waals surface area contributed by atoms with Crippen molar-refractivity contribution in [2.75, 3.05) is 39.5 Å². The number of amides is 3. The third kappa shape index (κ3) is 5.19. The predicted molar refractivity (Wildman–Crippen MR) is 107 cm³/mol. The Hall–Kier alpha value is -1.14. The lowest BCUT2D eigenvalue weighted by Crippen LogP contribution is -2.51. The summed E-state index contributed by atoms with van der Waals surface area (Å²) in [5.41, 5.74) is -0.722. The van der Waals surface area contributed by atoms with Crippen LogP contribution < -0.4 is 0 Å². The third-order valence-corrected chi connectivity index (χ3v) is 5.75. The first kappa shape index (κ1) is 22.9. The molecule has 1 unspecified atom stereocenters. The van der Waals surface area contributed by atoms with E-state index in [-0.39, 0.29) is 11.9 Å². The molecule has 1 heterocycles. The van der Waals surface area contributed by atoms with E-state index in [4.69, 9.17) is 0 Å². The van der Waals surface area contributed by atoms with Gasteiger partial charge in [0.25, 0.3) is 5.91 Å². The number of carbonyl (C=O) groups excluding carboxylic acids is 2. The van der Waals surface area contributed by atoms with Crippen LogP contribution in [0.5, 0.6) is 0 Å². The van der Waals surface area contributed by atoms with Crippen molar-refractivity contribution in [3.8, 4) is 0 Å². The predicted octanol–water partition coefficient (Wildman–Crippen LogP) is 3.58. The molecule has 0 N–H and O–H groups in total. The first-order valence-electron chi connectivity index (χ1n) is 10.5. The van der Waals surface area contributed by atoms with Gasteiger partial charge in [-0.3, -0.25) is 19.5 Å². The summed E-state index contributed by atoms with van der Waals surface area (Å²) in [6.07, 6.45) is 5.19. The SMILES string of the molecule is CCCCCCC1(C)C(=O)N(CN(CC)CC)C(=O)N1CN(CC)CC. The minimum Gasteiger partial charge on any atom is -0.297 e. The van der Waals surface area contributed by atoms with Crippen molar-refractivity contribution in [2.24, 2.45) is 0 Å². The van der Waals surface area contributed by atoms with Crippen LogP contribution in [0.4, 0.5) is 4.79 Å². The maximum Gasteiger partial charge on any atom is 0.329 e. The van der Waals surface area contributed by atoms with E-state index in [2.05, 4.69) is 44.4 Å². The molecular weight excluding hydrogens is 328 g/mol. The fourth-order valence-corrected chi connectivity index (χ4v) is 3.58. The Balaban J connectivity index is 3.02. The number of hydrogen-bond donors (Lipinski definition) is 0. The monoisotopic (exact) mass is 368 g/mol. The summed E-state index contributed by atoms with van der Waals surface area (Å²) < 4.78 is 0. The van der Waals surface area contributed by atoms with Gasteiger partial charge in [0.1, 0.15) is 5.54 Å². The van der Waals surface area contributed by atoms with Gasteiger partial charge in [0.15, 0.2) is 0 Å². The van der Waals surface area contributed by atoms with E-state index in [0.29, 0.717) is 13.3 Å². The topological polar surface area (TPSA) is 47.1 Å². The lowest BCUT2D eigenvalue weighted by molar-refractivity contribution is -0.134. The summed E-state index contributed by atoms with van der Waals surface area (Å²) in [7, 11) is 0. The highest BCUT2D eigenvalue weighted by Gasteiger charge is 2.54. The second-order valence-electron chi connectivity index (χ2n) is 7.42. The quantitative estimate of drug-likeness (QED) is 0.368. The normalized spacial score (nSPS) is 20.9. The molecule has 1 aliphatic rings. The zero-order chi connectivity index (χ0) is 19.7. The first-order valence-corrected chi connectivity index (χ1v) is 10.5. The van der Waals surface area contributed by atoms with Gasteiger partial charge in [-0.2, -0.15) is 0 Å². The lowest BCUT2D eigenvalue weighted by Gasteiger charge is -2.35. The number of hydrogen-bond acceptors (Lipinski definition) is 4. The van der Waals surface area contributed by atoms with Gasteiger partial charge in [0.2, 0.25) is 0 Å². The highest BCUT2D eigenvalue weighted by Crippen LogP contribution is 2.33. The summed E-state index contributed by atoms with van der Waals surface area (Å²) in [6.45, 7) is 16.8.